The number of anilines is 2. The zero-order chi connectivity index (χ0) is 35.3. The lowest BCUT2D eigenvalue weighted by Crippen LogP contribution is -2.25. The van der Waals surface area contributed by atoms with E-state index in [2.05, 4.69) is 190 Å². The largest absolute Gasteiger partial charge is 0.457 e. The second kappa shape index (κ2) is 12.5. The SMILES string of the molecule is CC(C)(C)c1ccnc(-n2c3ccccc3c3ccc(Oc4cccc(N5C=CN(c6ccc(C(C)(C)C)cc6-c6ccccc6)C5)c4)cc32)c1. The van der Waals surface area contributed by atoms with Crippen molar-refractivity contribution in [3.8, 4) is 28.4 Å². The van der Waals surface area contributed by atoms with Crippen LogP contribution in [0.15, 0.2) is 146 Å². The van der Waals surface area contributed by atoms with E-state index >= 15 is 0 Å². The van der Waals surface area contributed by atoms with Gasteiger partial charge in [-0.15, -0.1) is 0 Å². The molecule has 0 fully saturated rings. The maximum atomic E-state index is 6.59. The second-order valence-electron chi connectivity index (χ2n) is 15.5. The summed E-state index contributed by atoms with van der Waals surface area (Å²) in [5.41, 5.74) is 9.53. The van der Waals surface area contributed by atoms with Crippen LogP contribution >= 0.6 is 0 Å². The van der Waals surface area contributed by atoms with E-state index in [1.54, 1.807) is 0 Å². The molecule has 7 aromatic rings. The van der Waals surface area contributed by atoms with E-state index in [9.17, 15) is 0 Å². The number of para-hydroxylation sites is 1. The number of rotatable bonds is 6. The molecule has 8 rings (SSSR count). The van der Waals surface area contributed by atoms with E-state index in [4.69, 9.17) is 9.72 Å². The number of benzene rings is 5. The Labute approximate surface area is 301 Å². The quantitative estimate of drug-likeness (QED) is 0.177. The van der Waals surface area contributed by atoms with Crippen LogP contribution in [0.2, 0.25) is 0 Å². The fourth-order valence-corrected chi connectivity index (χ4v) is 6.98. The van der Waals surface area contributed by atoms with Gasteiger partial charge in [0.1, 0.15) is 17.3 Å². The Kier molecular flexibility index (Phi) is 7.94. The fraction of sp³-hybridized carbons (Fsp3) is 0.196. The molecule has 0 bridgehead atoms. The number of hydrogen-bond donors (Lipinski definition) is 0. The van der Waals surface area contributed by atoms with Crippen LogP contribution in [-0.4, -0.2) is 16.2 Å². The van der Waals surface area contributed by atoms with Crippen molar-refractivity contribution in [3.05, 3.63) is 157 Å². The Morgan fingerprint density at radius 2 is 1.27 bits per heavy atom. The fourth-order valence-electron chi connectivity index (χ4n) is 6.98. The summed E-state index contributed by atoms with van der Waals surface area (Å²) < 4.78 is 8.84. The lowest BCUT2D eigenvalue weighted by molar-refractivity contribution is 0.483. The van der Waals surface area contributed by atoms with E-state index in [1.807, 2.05) is 12.3 Å². The topological polar surface area (TPSA) is 33.5 Å². The molecular formula is C46H44N4O. The van der Waals surface area contributed by atoms with Crippen LogP contribution in [-0.2, 0) is 10.8 Å². The predicted molar refractivity (Wildman–Crippen MR) is 213 cm³/mol. The van der Waals surface area contributed by atoms with Crippen LogP contribution in [0.3, 0.4) is 0 Å². The Morgan fingerprint density at radius 1 is 0.569 bits per heavy atom. The minimum absolute atomic E-state index is 0.0123. The number of pyridine rings is 1. The van der Waals surface area contributed by atoms with Gasteiger partial charge >= 0.3 is 0 Å². The van der Waals surface area contributed by atoms with Gasteiger partial charge < -0.3 is 14.5 Å². The molecule has 5 aromatic carbocycles. The van der Waals surface area contributed by atoms with Gasteiger partial charge in [-0.3, -0.25) is 4.57 Å². The lowest BCUT2D eigenvalue weighted by Gasteiger charge is -2.26. The van der Waals surface area contributed by atoms with Gasteiger partial charge in [0.15, 0.2) is 0 Å². The van der Waals surface area contributed by atoms with Crippen LogP contribution in [0.5, 0.6) is 11.5 Å². The first-order chi connectivity index (χ1) is 24.5. The number of nitrogens with zero attached hydrogens (tertiary/aromatic N) is 4. The molecule has 0 saturated heterocycles. The van der Waals surface area contributed by atoms with Crippen molar-refractivity contribution in [2.75, 3.05) is 16.5 Å². The standard InChI is InChI=1S/C46H44N4O/c1-45(2,3)33-19-22-41(40(27-33)32-13-8-7-9-14-32)49-26-25-48(31-49)35-15-12-16-36(29-35)51-37-20-21-39-38-17-10-11-18-42(38)50(43(39)30-37)44-28-34(23-24-47-44)46(4,5)6/h7-30H,31H2,1-6H3. The first-order valence-electron chi connectivity index (χ1n) is 17.7. The molecule has 0 atom stereocenters. The molecule has 254 valence electrons. The first-order valence-corrected chi connectivity index (χ1v) is 17.7. The zero-order valence-corrected chi connectivity index (χ0v) is 30.3. The smallest absolute Gasteiger partial charge is 0.137 e. The summed E-state index contributed by atoms with van der Waals surface area (Å²) in [6, 6.07) is 45.1. The number of hydrogen-bond acceptors (Lipinski definition) is 4. The summed E-state index contributed by atoms with van der Waals surface area (Å²) in [5.74, 6) is 2.47. The average molecular weight is 669 g/mol. The molecule has 0 saturated carbocycles. The van der Waals surface area contributed by atoms with Crippen molar-refractivity contribution in [1.29, 1.82) is 0 Å². The van der Waals surface area contributed by atoms with Crippen molar-refractivity contribution in [2.45, 2.75) is 52.4 Å². The molecule has 0 unspecified atom stereocenters. The van der Waals surface area contributed by atoms with Gasteiger partial charge in [0.25, 0.3) is 0 Å². The molecule has 2 aromatic heterocycles. The maximum Gasteiger partial charge on any atom is 0.137 e. The molecular weight excluding hydrogens is 625 g/mol. The van der Waals surface area contributed by atoms with Crippen molar-refractivity contribution >= 4 is 33.2 Å². The highest BCUT2D eigenvalue weighted by Crippen LogP contribution is 2.39. The predicted octanol–water partition coefficient (Wildman–Crippen LogP) is 12.0. The van der Waals surface area contributed by atoms with E-state index in [1.165, 1.54) is 38.7 Å². The number of ether oxygens (including phenoxy) is 1. The minimum atomic E-state index is 0.0123. The Bertz CT molecular complexity index is 2410. The molecule has 51 heavy (non-hydrogen) atoms. The summed E-state index contributed by atoms with van der Waals surface area (Å²) in [7, 11) is 0. The van der Waals surface area contributed by atoms with Gasteiger partial charge in [-0.2, -0.15) is 0 Å². The highest BCUT2D eigenvalue weighted by Gasteiger charge is 2.23. The molecule has 3 heterocycles. The maximum absolute atomic E-state index is 6.59. The third-order valence-corrected chi connectivity index (χ3v) is 9.86. The Hall–Kier alpha value is -5.81. The molecule has 0 N–H and O–H groups in total. The van der Waals surface area contributed by atoms with Crippen LogP contribution in [0.4, 0.5) is 11.4 Å². The molecule has 1 aliphatic heterocycles. The highest BCUT2D eigenvalue weighted by molar-refractivity contribution is 6.09. The van der Waals surface area contributed by atoms with Gasteiger partial charge in [-0.05, 0) is 82.1 Å². The third-order valence-electron chi connectivity index (χ3n) is 9.86. The Balaban J connectivity index is 1.09. The van der Waals surface area contributed by atoms with Gasteiger partial charge in [0.2, 0.25) is 0 Å². The second-order valence-corrected chi connectivity index (χ2v) is 15.5. The summed E-state index contributed by atoms with van der Waals surface area (Å²) in [5, 5.41) is 2.36. The van der Waals surface area contributed by atoms with Gasteiger partial charge in [-0.25, -0.2) is 4.98 Å². The summed E-state index contributed by atoms with van der Waals surface area (Å²) in [6.07, 6.45) is 6.23. The van der Waals surface area contributed by atoms with Crippen LogP contribution in [0, 0.1) is 0 Å². The van der Waals surface area contributed by atoms with Crippen LogP contribution in [0.25, 0.3) is 38.8 Å². The molecule has 5 heteroatoms. The molecule has 5 nitrogen and oxygen atoms in total. The van der Waals surface area contributed by atoms with Crippen LogP contribution < -0.4 is 14.5 Å². The van der Waals surface area contributed by atoms with Crippen molar-refractivity contribution in [1.82, 2.24) is 9.55 Å². The van der Waals surface area contributed by atoms with E-state index in [0.717, 1.165) is 34.0 Å². The lowest BCUT2D eigenvalue weighted by atomic mass is 9.85. The van der Waals surface area contributed by atoms with Crippen LogP contribution in [0.1, 0.15) is 52.7 Å². The first kappa shape index (κ1) is 32.4. The Morgan fingerprint density at radius 3 is 2.08 bits per heavy atom. The third kappa shape index (κ3) is 6.25. The summed E-state index contributed by atoms with van der Waals surface area (Å²) in [4.78, 5) is 9.41. The van der Waals surface area contributed by atoms with Crippen molar-refractivity contribution in [2.24, 2.45) is 0 Å². The minimum Gasteiger partial charge on any atom is -0.457 e. The summed E-state index contributed by atoms with van der Waals surface area (Å²) >= 11 is 0. The molecule has 0 aliphatic carbocycles. The van der Waals surface area contributed by atoms with E-state index in [-0.39, 0.29) is 10.8 Å². The van der Waals surface area contributed by atoms with Crippen molar-refractivity contribution < 1.29 is 4.74 Å². The van der Waals surface area contributed by atoms with Crippen molar-refractivity contribution in [3.63, 3.8) is 0 Å². The van der Waals surface area contributed by atoms with Gasteiger partial charge in [-0.1, -0.05) is 102 Å². The monoisotopic (exact) mass is 668 g/mol. The number of aromatic nitrogens is 2. The van der Waals surface area contributed by atoms with E-state index < -0.39 is 0 Å². The number of fused-ring (bicyclic) bond motifs is 3. The average Bonchev–Trinajstić information content (AvgIpc) is 3.75. The molecule has 0 spiro atoms. The highest BCUT2D eigenvalue weighted by atomic mass is 16.5. The van der Waals surface area contributed by atoms with E-state index in [0.29, 0.717) is 6.67 Å². The molecule has 0 radical (unpaired) electrons. The van der Waals surface area contributed by atoms with Gasteiger partial charge in [0, 0.05) is 52.8 Å². The zero-order valence-electron chi connectivity index (χ0n) is 30.3. The van der Waals surface area contributed by atoms with Gasteiger partial charge in [0.05, 0.1) is 23.4 Å². The molecule has 0 amide bonds. The normalized spacial score (nSPS) is 13.5. The summed E-state index contributed by atoms with van der Waals surface area (Å²) in [6.45, 7) is 14.2. The molecule has 1 aliphatic rings.